The third kappa shape index (κ3) is 3.07. The van der Waals surface area contributed by atoms with E-state index in [2.05, 4.69) is 0 Å². The molecule has 1 aliphatic heterocycles. The Bertz CT molecular complexity index is 641. The Balaban J connectivity index is 2.32. The lowest BCUT2D eigenvalue weighted by Crippen LogP contribution is -2.55. The van der Waals surface area contributed by atoms with Gasteiger partial charge in [-0.3, -0.25) is 14.6 Å². The number of ether oxygens (including phenoxy) is 1. The van der Waals surface area contributed by atoms with Crippen LogP contribution in [-0.2, 0) is 16.1 Å². The zero-order chi connectivity index (χ0) is 16.3. The van der Waals surface area contributed by atoms with Crippen LogP contribution in [0.15, 0.2) is 18.2 Å². The van der Waals surface area contributed by atoms with Gasteiger partial charge in [-0.05, 0) is 30.7 Å². The Kier molecular flexibility index (Phi) is 4.73. The molecule has 1 aliphatic rings. The molecular formula is C15H16FN3O3. The van der Waals surface area contributed by atoms with Crippen LogP contribution in [0.25, 0.3) is 0 Å². The summed E-state index contributed by atoms with van der Waals surface area (Å²) >= 11 is 0. The lowest BCUT2D eigenvalue weighted by Gasteiger charge is -2.38. The van der Waals surface area contributed by atoms with E-state index in [0.717, 1.165) is 4.90 Å². The minimum absolute atomic E-state index is 0.00176. The van der Waals surface area contributed by atoms with Crippen molar-refractivity contribution >= 4 is 11.9 Å². The van der Waals surface area contributed by atoms with Gasteiger partial charge in [-0.15, -0.1) is 0 Å². The number of imide groups is 1. The molecule has 0 aliphatic carbocycles. The summed E-state index contributed by atoms with van der Waals surface area (Å²) < 4.78 is 18.9. The smallest absolute Gasteiger partial charge is 0.328 e. The first-order valence-electron chi connectivity index (χ1n) is 6.85. The summed E-state index contributed by atoms with van der Waals surface area (Å²) in [6.45, 7) is 2.09. The molecule has 0 spiro atoms. The number of nitriles is 1. The van der Waals surface area contributed by atoms with Gasteiger partial charge in [-0.1, -0.05) is 0 Å². The predicted molar refractivity (Wildman–Crippen MR) is 74.9 cm³/mol. The standard InChI is InChI=1S/C15H16FN3O3/c1-3-22-14-7-13(20)18(2)15(21)19(14)9-11-6-12(16)5-4-10(11)8-17/h4-6,14H,3,7,9H2,1-2H3. The second kappa shape index (κ2) is 6.54. The van der Waals surface area contributed by atoms with Crippen molar-refractivity contribution in [3.8, 4) is 6.07 Å². The van der Waals surface area contributed by atoms with E-state index in [4.69, 9.17) is 10.00 Å². The van der Waals surface area contributed by atoms with Gasteiger partial charge < -0.3 is 4.74 Å². The van der Waals surface area contributed by atoms with Crippen LogP contribution in [0.4, 0.5) is 9.18 Å². The van der Waals surface area contributed by atoms with Crippen molar-refractivity contribution in [2.24, 2.45) is 0 Å². The van der Waals surface area contributed by atoms with Crippen LogP contribution in [0.3, 0.4) is 0 Å². The number of carbonyl (C=O) groups is 2. The molecular weight excluding hydrogens is 289 g/mol. The molecule has 6 nitrogen and oxygen atoms in total. The minimum atomic E-state index is -0.712. The summed E-state index contributed by atoms with van der Waals surface area (Å²) in [4.78, 5) is 26.4. The number of hydrogen-bond donors (Lipinski definition) is 0. The quantitative estimate of drug-likeness (QED) is 0.851. The first-order chi connectivity index (χ1) is 10.5. The molecule has 0 bridgehead atoms. The molecule has 22 heavy (non-hydrogen) atoms. The maximum absolute atomic E-state index is 13.4. The lowest BCUT2D eigenvalue weighted by molar-refractivity contribution is -0.141. The highest BCUT2D eigenvalue weighted by Crippen LogP contribution is 2.22. The summed E-state index contributed by atoms with van der Waals surface area (Å²) in [6, 6.07) is 5.21. The van der Waals surface area contributed by atoms with E-state index in [-0.39, 0.29) is 24.4 Å². The fourth-order valence-corrected chi connectivity index (χ4v) is 2.32. The van der Waals surface area contributed by atoms with Crippen molar-refractivity contribution in [1.29, 1.82) is 5.26 Å². The summed E-state index contributed by atoms with van der Waals surface area (Å²) in [7, 11) is 1.39. The summed E-state index contributed by atoms with van der Waals surface area (Å²) in [5.74, 6) is -0.824. The van der Waals surface area contributed by atoms with Crippen LogP contribution in [0, 0.1) is 17.1 Å². The number of urea groups is 1. The Labute approximate surface area is 127 Å². The van der Waals surface area contributed by atoms with Crippen molar-refractivity contribution in [2.75, 3.05) is 13.7 Å². The number of halogens is 1. The van der Waals surface area contributed by atoms with Gasteiger partial charge >= 0.3 is 6.03 Å². The zero-order valence-corrected chi connectivity index (χ0v) is 12.4. The maximum Gasteiger partial charge on any atom is 0.328 e. The molecule has 1 atom stereocenters. The Morgan fingerprint density at radius 1 is 1.45 bits per heavy atom. The molecule has 0 aromatic heterocycles. The fraction of sp³-hybridized carbons (Fsp3) is 0.400. The van der Waals surface area contributed by atoms with Gasteiger partial charge in [0.25, 0.3) is 0 Å². The van der Waals surface area contributed by atoms with Gasteiger partial charge in [-0.2, -0.15) is 5.26 Å². The van der Waals surface area contributed by atoms with Crippen LogP contribution < -0.4 is 0 Å². The largest absolute Gasteiger partial charge is 0.358 e. The van der Waals surface area contributed by atoms with Crippen molar-refractivity contribution in [2.45, 2.75) is 26.1 Å². The Hall–Kier alpha value is -2.46. The lowest BCUT2D eigenvalue weighted by atomic mass is 10.1. The number of amides is 3. The molecule has 1 aromatic rings. The van der Waals surface area contributed by atoms with Gasteiger partial charge in [-0.25, -0.2) is 9.18 Å². The highest BCUT2D eigenvalue weighted by molar-refractivity contribution is 5.96. The molecule has 7 heteroatoms. The number of hydrogen-bond acceptors (Lipinski definition) is 4. The van der Waals surface area contributed by atoms with Crippen LogP contribution in [0.2, 0.25) is 0 Å². The molecule has 116 valence electrons. The third-order valence-electron chi connectivity index (χ3n) is 3.49. The SMILES string of the molecule is CCOC1CC(=O)N(C)C(=O)N1Cc1cc(F)ccc1C#N. The average molecular weight is 305 g/mol. The van der Waals surface area contributed by atoms with E-state index in [9.17, 15) is 14.0 Å². The van der Waals surface area contributed by atoms with Crippen molar-refractivity contribution in [3.05, 3.63) is 35.1 Å². The second-order valence-electron chi connectivity index (χ2n) is 4.89. The van der Waals surface area contributed by atoms with Crippen molar-refractivity contribution < 1.29 is 18.7 Å². The molecule has 0 N–H and O–H groups in total. The Morgan fingerprint density at radius 3 is 2.82 bits per heavy atom. The predicted octanol–water partition coefficient (Wildman–Crippen LogP) is 1.84. The van der Waals surface area contributed by atoms with Gasteiger partial charge in [0.1, 0.15) is 12.0 Å². The van der Waals surface area contributed by atoms with Crippen molar-refractivity contribution in [1.82, 2.24) is 9.80 Å². The van der Waals surface area contributed by atoms with Crippen LogP contribution in [-0.4, -0.2) is 41.6 Å². The summed E-state index contributed by atoms with van der Waals surface area (Å²) in [5, 5.41) is 9.10. The van der Waals surface area contributed by atoms with Gasteiger partial charge in [0.2, 0.25) is 5.91 Å². The average Bonchev–Trinajstić information content (AvgIpc) is 2.49. The topological polar surface area (TPSA) is 73.6 Å². The van der Waals surface area contributed by atoms with E-state index in [0.29, 0.717) is 12.2 Å². The molecule has 2 rings (SSSR count). The molecule has 0 saturated carbocycles. The monoisotopic (exact) mass is 305 g/mol. The first kappa shape index (κ1) is 15.9. The Morgan fingerprint density at radius 2 is 2.18 bits per heavy atom. The normalized spacial score (nSPS) is 18.5. The van der Waals surface area contributed by atoms with Crippen LogP contribution in [0.5, 0.6) is 0 Å². The van der Waals surface area contributed by atoms with E-state index in [1.807, 2.05) is 6.07 Å². The highest BCUT2D eigenvalue weighted by Gasteiger charge is 2.37. The molecule has 1 unspecified atom stereocenters. The second-order valence-corrected chi connectivity index (χ2v) is 4.89. The highest BCUT2D eigenvalue weighted by atomic mass is 19.1. The number of benzene rings is 1. The van der Waals surface area contributed by atoms with E-state index >= 15 is 0 Å². The third-order valence-corrected chi connectivity index (χ3v) is 3.49. The molecule has 1 aromatic carbocycles. The zero-order valence-electron chi connectivity index (χ0n) is 12.4. The number of rotatable bonds is 4. The molecule has 0 radical (unpaired) electrons. The minimum Gasteiger partial charge on any atom is -0.358 e. The van der Waals surface area contributed by atoms with Gasteiger partial charge in [0.05, 0.1) is 24.6 Å². The molecule has 3 amide bonds. The van der Waals surface area contributed by atoms with Crippen LogP contribution in [0.1, 0.15) is 24.5 Å². The van der Waals surface area contributed by atoms with Crippen molar-refractivity contribution in [3.63, 3.8) is 0 Å². The number of nitrogens with zero attached hydrogens (tertiary/aromatic N) is 3. The van der Waals surface area contributed by atoms with E-state index in [1.165, 1.54) is 30.1 Å². The first-order valence-corrected chi connectivity index (χ1v) is 6.85. The van der Waals surface area contributed by atoms with E-state index < -0.39 is 18.1 Å². The molecule has 1 saturated heterocycles. The molecule has 1 heterocycles. The van der Waals surface area contributed by atoms with Gasteiger partial charge in [0.15, 0.2) is 0 Å². The summed E-state index contributed by atoms with van der Waals surface area (Å²) in [6.07, 6.45) is -0.677. The fourth-order valence-electron chi connectivity index (χ4n) is 2.32. The summed E-state index contributed by atoms with van der Waals surface area (Å²) in [5.41, 5.74) is 0.660. The number of carbonyl (C=O) groups excluding carboxylic acids is 2. The van der Waals surface area contributed by atoms with Crippen LogP contribution >= 0.6 is 0 Å². The maximum atomic E-state index is 13.4. The van der Waals surface area contributed by atoms with E-state index in [1.54, 1.807) is 6.92 Å². The van der Waals surface area contributed by atoms with Gasteiger partial charge in [0, 0.05) is 13.7 Å². The molecule has 1 fully saturated rings.